The Morgan fingerprint density at radius 3 is 1.22 bits per heavy atom. The van der Waals surface area contributed by atoms with Crippen LogP contribution in [0.3, 0.4) is 0 Å². The molecule has 0 atom stereocenters. The Balaban J connectivity index is 0.000000667. The quantitative estimate of drug-likeness (QED) is 0.0395. The van der Waals surface area contributed by atoms with Crippen molar-refractivity contribution < 1.29 is 30.6 Å². The predicted molar refractivity (Wildman–Crippen MR) is 256 cm³/mol. The number of hydrogen-bond donors (Lipinski definition) is 2. The number of fused-ring (bicyclic) bond motifs is 1. The molecule has 0 spiro atoms. The van der Waals surface area contributed by atoms with E-state index in [9.17, 15) is 10.2 Å². The number of hydrogen-bond acceptors (Lipinski definition) is 4. The molecule has 0 aliphatic heterocycles. The Hall–Kier alpha value is -3.26. The van der Waals surface area contributed by atoms with Gasteiger partial charge < -0.3 is 10.2 Å². The van der Waals surface area contributed by atoms with Crippen LogP contribution in [0.4, 0.5) is 11.4 Å². The molecule has 0 fully saturated rings. The third kappa shape index (κ3) is 18.5. The number of benzene rings is 4. The van der Waals surface area contributed by atoms with Gasteiger partial charge in [-0.05, 0) is 166 Å². The zero-order chi connectivity index (χ0) is 42.1. The van der Waals surface area contributed by atoms with Gasteiger partial charge in [0, 0.05) is 20.4 Å². The van der Waals surface area contributed by atoms with Crippen LogP contribution in [-0.2, 0) is 46.1 Å². The summed E-state index contributed by atoms with van der Waals surface area (Å²) < 4.78 is 0. The first-order valence-corrected chi connectivity index (χ1v) is 23.5. The molecular weight excluding hydrogens is 815 g/mol. The molecule has 0 heterocycles. The van der Waals surface area contributed by atoms with Crippen LogP contribution in [0.25, 0.3) is 10.8 Å². The van der Waals surface area contributed by atoms with Gasteiger partial charge >= 0.3 is 0 Å². The van der Waals surface area contributed by atoms with Crippen LogP contribution in [0.1, 0.15) is 190 Å². The van der Waals surface area contributed by atoms with E-state index in [0.29, 0.717) is 5.39 Å². The van der Waals surface area contributed by atoms with E-state index in [0.717, 1.165) is 60.0 Å². The monoisotopic (exact) mass is 895 g/mol. The normalized spacial score (nSPS) is 11.7. The van der Waals surface area contributed by atoms with Gasteiger partial charge in [0.2, 0.25) is 0 Å². The van der Waals surface area contributed by atoms with Gasteiger partial charge in [-0.3, -0.25) is 9.98 Å². The Morgan fingerprint density at radius 2 is 0.797 bits per heavy atom. The van der Waals surface area contributed by atoms with Crippen molar-refractivity contribution >= 4 is 33.6 Å². The second-order valence-electron chi connectivity index (χ2n) is 16.7. The van der Waals surface area contributed by atoms with Gasteiger partial charge in [0.25, 0.3) is 0 Å². The molecule has 0 saturated heterocycles. The van der Waals surface area contributed by atoms with Gasteiger partial charge in [-0.15, -0.1) is 0 Å². The molecule has 0 aliphatic rings. The van der Waals surface area contributed by atoms with E-state index in [2.05, 4.69) is 77.9 Å². The summed E-state index contributed by atoms with van der Waals surface area (Å²) in [4.78, 5) is 10.9. The summed E-state index contributed by atoms with van der Waals surface area (Å²) in [5.74, 6) is 0.273. The summed E-state index contributed by atoms with van der Waals surface area (Å²) >= 11 is 0. The average Bonchev–Trinajstić information content (AvgIpc) is 3.20. The fourth-order valence-corrected chi connectivity index (χ4v) is 7.81. The van der Waals surface area contributed by atoms with Crippen LogP contribution in [0, 0.1) is 13.8 Å². The summed E-state index contributed by atoms with van der Waals surface area (Å²) in [6.45, 7) is 17.6. The average molecular weight is 896 g/mol. The smallest absolute Gasteiger partial charge is 0.127 e. The van der Waals surface area contributed by atoms with Crippen molar-refractivity contribution in [1.82, 2.24) is 0 Å². The van der Waals surface area contributed by atoms with E-state index in [1.165, 1.54) is 143 Å². The van der Waals surface area contributed by atoms with Crippen molar-refractivity contribution in [2.24, 2.45) is 9.98 Å². The number of aliphatic imine (C=N–C) groups is 2. The number of aromatic hydroxyl groups is 2. The zero-order valence-corrected chi connectivity index (χ0v) is 40.0. The summed E-state index contributed by atoms with van der Waals surface area (Å²) in [5, 5.41) is 20.7. The number of phenols is 2. The molecule has 0 saturated carbocycles. The van der Waals surface area contributed by atoms with E-state index in [1.807, 2.05) is 26.0 Å². The van der Waals surface area contributed by atoms with E-state index < -0.39 is 0 Å². The van der Waals surface area contributed by atoms with Gasteiger partial charge in [0.05, 0.1) is 28.2 Å². The minimum absolute atomic E-state index is 0. The first-order chi connectivity index (χ1) is 28.2. The summed E-state index contributed by atoms with van der Waals surface area (Å²) in [5.41, 5.74) is 12.7. The molecule has 59 heavy (non-hydrogen) atoms. The van der Waals surface area contributed by atoms with E-state index in [1.54, 1.807) is 12.1 Å². The zero-order valence-electron chi connectivity index (χ0n) is 38.4. The third-order valence-corrected chi connectivity index (χ3v) is 11.3. The van der Waals surface area contributed by atoms with Crippen molar-refractivity contribution in [2.75, 3.05) is 0 Å². The van der Waals surface area contributed by atoms with Crippen molar-refractivity contribution in [1.29, 1.82) is 0 Å². The second kappa shape index (κ2) is 29.9. The van der Waals surface area contributed by atoms with Gasteiger partial charge in [-0.1, -0.05) is 130 Å². The largest absolute Gasteiger partial charge is 0.507 e. The maximum Gasteiger partial charge on any atom is 0.127 e. The molecule has 0 amide bonds. The van der Waals surface area contributed by atoms with Crippen LogP contribution in [-0.4, -0.2) is 21.6 Å². The second-order valence-corrected chi connectivity index (χ2v) is 16.7. The molecule has 5 heteroatoms. The van der Waals surface area contributed by atoms with Crippen LogP contribution in [0.5, 0.6) is 11.5 Å². The fraction of sp³-hybridized carbons (Fsp3) is 0.556. The molecule has 0 aromatic heterocycles. The van der Waals surface area contributed by atoms with Crippen molar-refractivity contribution in [3.05, 3.63) is 94.0 Å². The Morgan fingerprint density at radius 1 is 0.424 bits per heavy atom. The summed E-state index contributed by atoms with van der Waals surface area (Å²) in [6.07, 6.45) is 26.8. The van der Waals surface area contributed by atoms with Crippen molar-refractivity contribution in [3.8, 4) is 11.5 Å². The Bertz CT molecular complexity index is 1820. The molecule has 0 unspecified atom stereocenters. The Labute approximate surface area is 374 Å². The van der Waals surface area contributed by atoms with Crippen molar-refractivity contribution in [2.45, 2.75) is 197 Å². The topological polar surface area (TPSA) is 65.2 Å². The van der Waals surface area contributed by atoms with E-state index >= 15 is 0 Å². The number of unbranched alkanes of at least 4 members (excludes halogenated alkanes) is 10. The molecule has 0 radical (unpaired) electrons. The molecule has 328 valence electrons. The van der Waals surface area contributed by atoms with Gasteiger partial charge in [0.15, 0.2) is 0 Å². The van der Waals surface area contributed by atoms with E-state index in [-0.39, 0.29) is 31.9 Å². The number of aryl methyl sites for hydroxylation is 6. The Kier molecular flexibility index (Phi) is 26.3. The minimum atomic E-state index is 0. The van der Waals surface area contributed by atoms with Crippen LogP contribution < -0.4 is 0 Å². The van der Waals surface area contributed by atoms with Crippen molar-refractivity contribution in [3.63, 3.8) is 0 Å². The van der Waals surface area contributed by atoms with Crippen LogP contribution in [0.15, 0.2) is 70.6 Å². The molecule has 0 aliphatic carbocycles. The first kappa shape index (κ1) is 51.9. The molecule has 4 aromatic carbocycles. The fourth-order valence-electron chi connectivity index (χ4n) is 7.81. The molecular formula is C54H80N2O2Pd. The van der Waals surface area contributed by atoms with E-state index in [4.69, 9.17) is 9.98 Å². The number of rotatable bonds is 25. The van der Waals surface area contributed by atoms with Crippen LogP contribution in [0.2, 0.25) is 0 Å². The third-order valence-electron chi connectivity index (χ3n) is 11.3. The molecule has 4 rings (SSSR count). The maximum absolute atomic E-state index is 9.66. The molecule has 0 bridgehead atoms. The minimum Gasteiger partial charge on any atom is -0.507 e. The van der Waals surface area contributed by atoms with Crippen LogP contribution >= 0.6 is 0 Å². The molecule has 2 N–H and O–H groups in total. The number of phenolic OH excluding ortho intramolecular Hbond substituents is 2. The SMILES string of the molecule is CCCCCCCCC(=Nc1ccc(CCCC)c(CCCC)c1)C(CCCC)=Nc1ccc(CCCC)c(CCCC)c1.Cc1cc(O)c2c(O)cc(C)cc2c1.[Pd]. The maximum atomic E-state index is 9.66. The number of nitrogens with zero attached hydrogens (tertiary/aromatic N) is 2. The summed E-state index contributed by atoms with van der Waals surface area (Å²) in [6, 6.07) is 21.3. The standard InChI is InChI=1S/C42H68N2.C12H12O2.Pd/c1-7-13-19-20-21-22-28-42(44-40-32-30-36(24-15-9-3)38(34-40)26-17-11-5)41(27-18-12-6)43-39-31-29-35(23-14-8-2)37(33-39)25-16-10-4;1-7-3-9-4-8(2)6-11(14)12(9)10(13)5-7;/h29-34H,7-28H2,1-6H3;3-6,13-14H,1-2H3;. The van der Waals surface area contributed by atoms with Gasteiger partial charge in [0.1, 0.15) is 11.5 Å². The van der Waals surface area contributed by atoms with Gasteiger partial charge in [-0.25, -0.2) is 0 Å². The molecule has 4 aromatic rings. The predicted octanol–water partition coefficient (Wildman–Crippen LogP) is 16.7. The van der Waals surface area contributed by atoms with Gasteiger partial charge in [-0.2, -0.15) is 0 Å². The first-order valence-electron chi connectivity index (χ1n) is 23.5. The summed E-state index contributed by atoms with van der Waals surface area (Å²) in [7, 11) is 0. The molecule has 4 nitrogen and oxygen atoms in total.